The lowest BCUT2D eigenvalue weighted by Crippen LogP contribution is -2.50. The van der Waals surface area contributed by atoms with Crippen LogP contribution in [-0.2, 0) is 16.0 Å². The average Bonchev–Trinajstić information content (AvgIpc) is 2.73. The number of rotatable bonds is 4. The maximum absolute atomic E-state index is 12.3. The SMILES string of the molecule is CC1Cc2ccccc2N1C(=O)N[C@@H](CC(=O)O)C(=O)O. The van der Waals surface area contributed by atoms with E-state index >= 15 is 0 Å². The van der Waals surface area contributed by atoms with Crippen LogP contribution in [0.25, 0.3) is 0 Å². The van der Waals surface area contributed by atoms with E-state index in [9.17, 15) is 14.4 Å². The van der Waals surface area contributed by atoms with E-state index in [0.717, 1.165) is 11.3 Å². The fourth-order valence-electron chi connectivity index (χ4n) is 2.47. The topological polar surface area (TPSA) is 107 Å². The molecule has 7 heteroatoms. The van der Waals surface area contributed by atoms with E-state index in [1.54, 1.807) is 12.1 Å². The number of hydrogen-bond donors (Lipinski definition) is 3. The number of urea groups is 1. The molecule has 2 rings (SSSR count). The molecule has 1 aromatic carbocycles. The predicted molar refractivity (Wildman–Crippen MR) is 74.3 cm³/mol. The van der Waals surface area contributed by atoms with Gasteiger partial charge in [-0.2, -0.15) is 0 Å². The van der Waals surface area contributed by atoms with Gasteiger partial charge < -0.3 is 15.5 Å². The lowest BCUT2D eigenvalue weighted by molar-refractivity contribution is -0.145. The highest BCUT2D eigenvalue weighted by molar-refractivity contribution is 5.97. The number of amides is 2. The van der Waals surface area contributed by atoms with Gasteiger partial charge in [0.2, 0.25) is 0 Å². The van der Waals surface area contributed by atoms with Crippen LogP contribution >= 0.6 is 0 Å². The lowest BCUT2D eigenvalue weighted by atomic mass is 10.1. The Kier molecular flexibility index (Phi) is 4.11. The van der Waals surface area contributed by atoms with Crippen LogP contribution in [0.1, 0.15) is 18.9 Å². The van der Waals surface area contributed by atoms with Gasteiger partial charge in [0.05, 0.1) is 6.42 Å². The van der Waals surface area contributed by atoms with Crippen LogP contribution < -0.4 is 10.2 Å². The van der Waals surface area contributed by atoms with E-state index in [1.165, 1.54) is 4.90 Å². The van der Waals surface area contributed by atoms with Crippen molar-refractivity contribution in [3.63, 3.8) is 0 Å². The number of carboxylic acid groups (broad SMARTS) is 2. The molecule has 112 valence electrons. The Morgan fingerprint density at radius 2 is 2.00 bits per heavy atom. The number of para-hydroxylation sites is 1. The number of carboxylic acids is 2. The second-order valence-corrected chi connectivity index (χ2v) is 4.99. The van der Waals surface area contributed by atoms with Crippen LogP contribution in [0.3, 0.4) is 0 Å². The van der Waals surface area contributed by atoms with Gasteiger partial charge in [-0.3, -0.25) is 9.69 Å². The monoisotopic (exact) mass is 292 g/mol. The minimum absolute atomic E-state index is 0.110. The van der Waals surface area contributed by atoms with Gasteiger partial charge in [0.1, 0.15) is 6.04 Å². The van der Waals surface area contributed by atoms with Gasteiger partial charge in [-0.15, -0.1) is 0 Å². The first-order valence-corrected chi connectivity index (χ1v) is 6.52. The molecular weight excluding hydrogens is 276 g/mol. The molecule has 0 saturated heterocycles. The molecule has 2 atom stereocenters. The fraction of sp³-hybridized carbons (Fsp3) is 0.357. The Morgan fingerprint density at radius 3 is 2.62 bits per heavy atom. The van der Waals surface area contributed by atoms with E-state index in [4.69, 9.17) is 10.2 Å². The summed E-state index contributed by atoms with van der Waals surface area (Å²) >= 11 is 0. The molecule has 1 aliphatic rings. The minimum atomic E-state index is -1.45. The Labute approximate surface area is 121 Å². The molecule has 1 heterocycles. The summed E-state index contributed by atoms with van der Waals surface area (Å²) in [6, 6.07) is 5.20. The number of nitrogens with zero attached hydrogens (tertiary/aromatic N) is 1. The summed E-state index contributed by atoms with van der Waals surface area (Å²) in [7, 11) is 0. The quantitative estimate of drug-likeness (QED) is 0.769. The lowest BCUT2D eigenvalue weighted by Gasteiger charge is -2.24. The van der Waals surface area contributed by atoms with Crippen LogP contribution in [0.5, 0.6) is 0 Å². The molecule has 0 aliphatic carbocycles. The number of benzene rings is 1. The van der Waals surface area contributed by atoms with Crippen molar-refractivity contribution in [1.82, 2.24) is 5.32 Å². The number of anilines is 1. The number of aliphatic carboxylic acids is 2. The summed E-state index contributed by atoms with van der Waals surface area (Å²) in [6.07, 6.45) is 0.0191. The molecule has 2 amide bonds. The third-order valence-electron chi connectivity index (χ3n) is 3.40. The zero-order valence-corrected chi connectivity index (χ0v) is 11.4. The molecular formula is C14H16N2O5. The highest BCUT2D eigenvalue weighted by atomic mass is 16.4. The van der Waals surface area contributed by atoms with Crippen molar-refractivity contribution in [3.05, 3.63) is 29.8 Å². The van der Waals surface area contributed by atoms with Crippen molar-refractivity contribution in [3.8, 4) is 0 Å². The van der Waals surface area contributed by atoms with Gasteiger partial charge in [0.25, 0.3) is 0 Å². The first kappa shape index (κ1) is 14.8. The highest BCUT2D eigenvalue weighted by Gasteiger charge is 2.33. The molecule has 0 radical (unpaired) electrons. The third kappa shape index (κ3) is 3.13. The largest absolute Gasteiger partial charge is 0.481 e. The number of carbonyl (C=O) groups excluding carboxylic acids is 1. The normalized spacial score (nSPS) is 18.0. The molecule has 7 nitrogen and oxygen atoms in total. The van der Waals surface area contributed by atoms with Crippen LogP contribution in [-0.4, -0.2) is 40.3 Å². The number of fused-ring (bicyclic) bond motifs is 1. The molecule has 0 fully saturated rings. The Bertz CT molecular complexity index is 586. The van der Waals surface area contributed by atoms with Crippen LogP contribution in [0.2, 0.25) is 0 Å². The molecule has 21 heavy (non-hydrogen) atoms. The molecule has 1 unspecified atom stereocenters. The van der Waals surface area contributed by atoms with E-state index in [1.807, 2.05) is 19.1 Å². The number of carbonyl (C=O) groups is 3. The third-order valence-corrected chi connectivity index (χ3v) is 3.40. The van der Waals surface area contributed by atoms with Crippen molar-refractivity contribution >= 4 is 23.7 Å². The summed E-state index contributed by atoms with van der Waals surface area (Å²) < 4.78 is 0. The maximum atomic E-state index is 12.3. The summed E-state index contributed by atoms with van der Waals surface area (Å²) in [6.45, 7) is 1.85. The van der Waals surface area contributed by atoms with Gasteiger partial charge in [-0.25, -0.2) is 9.59 Å². The average molecular weight is 292 g/mol. The number of nitrogens with one attached hydrogen (secondary N) is 1. The maximum Gasteiger partial charge on any atom is 0.326 e. The molecule has 0 aromatic heterocycles. The highest BCUT2D eigenvalue weighted by Crippen LogP contribution is 2.31. The van der Waals surface area contributed by atoms with Gasteiger partial charge in [0.15, 0.2) is 0 Å². The molecule has 0 bridgehead atoms. The predicted octanol–water partition coefficient (Wildman–Crippen LogP) is 1.08. The van der Waals surface area contributed by atoms with Crippen LogP contribution in [0, 0.1) is 0 Å². The summed E-state index contributed by atoms with van der Waals surface area (Å²) in [4.78, 5) is 35.4. The van der Waals surface area contributed by atoms with E-state index in [-0.39, 0.29) is 6.04 Å². The Balaban J connectivity index is 2.16. The van der Waals surface area contributed by atoms with Crippen molar-refractivity contribution in [2.75, 3.05) is 4.90 Å². The standard InChI is InChI=1S/C14H16N2O5/c1-8-6-9-4-2-3-5-11(9)16(8)14(21)15-10(13(19)20)7-12(17)18/h2-5,8,10H,6-7H2,1H3,(H,15,21)(H,17,18)(H,19,20)/t8?,10-/m0/s1. The zero-order chi connectivity index (χ0) is 15.6. The van der Waals surface area contributed by atoms with E-state index < -0.39 is 30.4 Å². The first-order chi connectivity index (χ1) is 9.90. The van der Waals surface area contributed by atoms with Gasteiger partial charge in [-0.05, 0) is 25.0 Å². The fourth-order valence-corrected chi connectivity index (χ4v) is 2.47. The summed E-state index contributed by atoms with van der Waals surface area (Å²) in [5.41, 5.74) is 1.73. The second-order valence-electron chi connectivity index (χ2n) is 4.99. The van der Waals surface area contributed by atoms with Crippen molar-refractivity contribution in [1.29, 1.82) is 0 Å². The molecule has 1 aromatic rings. The van der Waals surface area contributed by atoms with Gasteiger partial charge in [-0.1, -0.05) is 18.2 Å². The molecule has 3 N–H and O–H groups in total. The zero-order valence-electron chi connectivity index (χ0n) is 11.4. The first-order valence-electron chi connectivity index (χ1n) is 6.52. The van der Waals surface area contributed by atoms with Crippen molar-refractivity contribution < 1.29 is 24.6 Å². The van der Waals surface area contributed by atoms with Gasteiger partial charge in [0, 0.05) is 11.7 Å². The Morgan fingerprint density at radius 1 is 1.33 bits per heavy atom. The van der Waals surface area contributed by atoms with Gasteiger partial charge >= 0.3 is 18.0 Å². The summed E-state index contributed by atoms with van der Waals surface area (Å²) in [5, 5.41) is 19.9. The smallest absolute Gasteiger partial charge is 0.326 e. The molecule has 1 aliphatic heterocycles. The van der Waals surface area contributed by atoms with Crippen molar-refractivity contribution in [2.45, 2.75) is 31.8 Å². The minimum Gasteiger partial charge on any atom is -0.481 e. The molecule has 0 saturated carbocycles. The van der Waals surface area contributed by atoms with E-state index in [0.29, 0.717) is 6.42 Å². The van der Waals surface area contributed by atoms with Crippen LogP contribution in [0.4, 0.5) is 10.5 Å². The van der Waals surface area contributed by atoms with E-state index in [2.05, 4.69) is 5.32 Å². The molecule has 0 spiro atoms. The second kappa shape index (κ2) is 5.82. The van der Waals surface area contributed by atoms with Crippen molar-refractivity contribution in [2.24, 2.45) is 0 Å². The number of hydrogen-bond acceptors (Lipinski definition) is 3. The van der Waals surface area contributed by atoms with Crippen LogP contribution in [0.15, 0.2) is 24.3 Å². The summed E-state index contributed by atoms with van der Waals surface area (Å²) in [5.74, 6) is -2.65. The Hall–Kier alpha value is -2.57.